The molecule has 0 saturated carbocycles. The maximum atomic E-state index is 12.5. The molecule has 0 atom stereocenters. The molecule has 6 heteroatoms. The summed E-state index contributed by atoms with van der Waals surface area (Å²) in [5.74, 6) is 0.319. The van der Waals surface area contributed by atoms with Gasteiger partial charge in [-0.1, -0.05) is 48.5 Å². The normalized spacial score (nSPS) is 10.6. The van der Waals surface area contributed by atoms with Crippen molar-refractivity contribution in [3.63, 3.8) is 0 Å². The van der Waals surface area contributed by atoms with Crippen LogP contribution in [0.5, 0.6) is 5.75 Å². The molecule has 1 N–H and O–H groups in total. The predicted molar refractivity (Wildman–Crippen MR) is 131 cm³/mol. The van der Waals surface area contributed by atoms with E-state index in [0.717, 1.165) is 24.2 Å². The van der Waals surface area contributed by atoms with Crippen LogP contribution in [0, 0.1) is 6.92 Å². The van der Waals surface area contributed by atoms with Crippen molar-refractivity contribution in [3.8, 4) is 11.4 Å². The molecule has 0 aliphatic heterocycles. The van der Waals surface area contributed by atoms with Gasteiger partial charge in [-0.15, -0.1) is 0 Å². The quantitative estimate of drug-likeness (QED) is 0.283. The number of carbonyl (C=O) groups excluding carboxylic acids is 2. The molecule has 0 unspecified atom stereocenters. The van der Waals surface area contributed by atoms with Gasteiger partial charge in [-0.05, 0) is 61.7 Å². The molecule has 0 aliphatic carbocycles. The molecule has 6 nitrogen and oxygen atoms in total. The zero-order valence-electron chi connectivity index (χ0n) is 19.1. The number of ether oxygens (including phenoxy) is 1. The van der Waals surface area contributed by atoms with Gasteiger partial charge in [0.2, 0.25) is 0 Å². The molecule has 1 aromatic heterocycles. The van der Waals surface area contributed by atoms with Gasteiger partial charge in [-0.3, -0.25) is 9.59 Å². The minimum absolute atomic E-state index is 0.0468. The molecule has 4 aromatic rings. The van der Waals surface area contributed by atoms with Crippen molar-refractivity contribution in [1.82, 2.24) is 15.1 Å². The van der Waals surface area contributed by atoms with Crippen LogP contribution in [0.4, 0.5) is 0 Å². The number of nitrogens with one attached hydrogen (secondary N) is 1. The molecule has 0 bridgehead atoms. The summed E-state index contributed by atoms with van der Waals surface area (Å²) in [5, 5.41) is 7.47. The number of benzene rings is 3. The van der Waals surface area contributed by atoms with Crippen LogP contribution in [0.15, 0.2) is 91.1 Å². The number of aryl methyl sites for hydroxylation is 2. The number of rotatable bonds is 10. The summed E-state index contributed by atoms with van der Waals surface area (Å²) >= 11 is 0. The molecule has 34 heavy (non-hydrogen) atoms. The first kappa shape index (κ1) is 23.0. The summed E-state index contributed by atoms with van der Waals surface area (Å²) in [5.41, 5.74) is 4.40. The summed E-state index contributed by atoms with van der Waals surface area (Å²) in [6.45, 7) is 2.49. The van der Waals surface area contributed by atoms with E-state index in [1.807, 2.05) is 66.3 Å². The molecule has 0 spiro atoms. The van der Waals surface area contributed by atoms with Crippen molar-refractivity contribution in [1.29, 1.82) is 0 Å². The van der Waals surface area contributed by atoms with Crippen LogP contribution in [0.1, 0.15) is 33.6 Å². The Labute approximate surface area is 199 Å². The van der Waals surface area contributed by atoms with E-state index in [1.54, 1.807) is 36.4 Å². The van der Waals surface area contributed by atoms with Crippen LogP contribution in [0.2, 0.25) is 0 Å². The van der Waals surface area contributed by atoms with E-state index in [0.29, 0.717) is 23.4 Å². The number of aromatic nitrogens is 2. The van der Waals surface area contributed by atoms with Gasteiger partial charge < -0.3 is 10.1 Å². The molecule has 1 amide bonds. The molecular formula is C28H27N3O3. The van der Waals surface area contributed by atoms with Crippen molar-refractivity contribution in [2.24, 2.45) is 0 Å². The fourth-order valence-electron chi connectivity index (χ4n) is 3.62. The summed E-state index contributed by atoms with van der Waals surface area (Å²) in [6, 6.07) is 25.9. The summed E-state index contributed by atoms with van der Waals surface area (Å²) in [4.78, 5) is 24.6. The van der Waals surface area contributed by atoms with Crippen molar-refractivity contribution in [2.45, 2.75) is 19.8 Å². The smallest absolute Gasteiger partial charge is 0.257 e. The van der Waals surface area contributed by atoms with Crippen LogP contribution in [-0.4, -0.2) is 34.6 Å². The second kappa shape index (κ2) is 11.1. The van der Waals surface area contributed by atoms with E-state index in [2.05, 4.69) is 10.4 Å². The molecule has 0 saturated heterocycles. The number of hydrogen-bond acceptors (Lipinski definition) is 4. The van der Waals surface area contributed by atoms with Crippen LogP contribution in [0.3, 0.4) is 0 Å². The van der Waals surface area contributed by atoms with Gasteiger partial charge in [0, 0.05) is 23.9 Å². The number of carbonyl (C=O) groups is 2. The Morgan fingerprint density at radius 3 is 2.24 bits per heavy atom. The third kappa shape index (κ3) is 5.98. The van der Waals surface area contributed by atoms with Crippen molar-refractivity contribution in [3.05, 3.63) is 114 Å². The fourth-order valence-corrected chi connectivity index (χ4v) is 3.62. The zero-order chi connectivity index (χ0) is 23.8. The number of para-hydroxylation sites is 1. The van der Waals surface area contributed by atoms with Gasteiger partial charge in [0.05, 0.1) is 11.4 Å². The Hall–Kier alpha value is -4.19. The van der Waals surface area contributed by atoms with Gasteiger partial charge >= 0.3 is 0 Å². The third-order valence-electron chi connectivity index (χ3n) is 5.49. The summed E-state index contributed by atoms with van der Waals surface area (Å²) < 4.78 is 7.44. The highest BCUT2D eigenvalue weighted by Gasteiger charge is 2.10. The lowest BCUT2D eigenvalue weighted by Crippen LogP contribution is -2.29. The molecule has 4 rings (SSSR count). The minimum atomic E-state index is -0.179. The average molecular weight is 454 g/mol. The molecule has 3 aromatic carbocycles. The van der Waals surface area contributed by atoms with Gasteiger partial charge in [-0.2, -0.15) is 5.10 Å². The Kier molecular flexibility index (Phi) is 7.50. The topological polar surface area (TPSA) is 73.2 Å². The van der Waals surface area contributed by atoms with Crippen LogP contribution in [0.25, 0.3) is 5.69 Å². The Balaban J connectivity index is 1.19. The number of ketones is 1. The van der Waals surface area contributed by atoms with Crippen LogP contribution < -0.4 is 10.1 Å². The van der Waals surface area contributed by atoms with E-state index in [9.17, 15) is 9.59 Å². The predicted octanol–water partition coefficient (Wildman–Crippen LogP) is 4.54. The Morgan fingerprint density at radius 2 is 1.53 bits per heavy atom. The molecule has 172 valence electrons. The van der Waals surface area contributed by atoms with Crippen molar-refractivity contribution in [2.75, 3.05) is 13.2 Å². The van der Waals surface area contributed by atoms with Crippen LogP contribution >= 0.6 is 0 Å². The highest BCUT2D eigenvalue weighted by Crippen LogP contribution is 2.16. The molecule has 0 radical (unpaired) electrons. The largest absolute Gasteiger partial charge is 0.484 e. The summed E-state index contributed by atoms with van der Waals surface area (Å²) in [7, 11) is 0. The lowest BCUT2D eigenvalue weighted by Gasteiger charge is -2.08. The lowest BCUT2D eigenvalue weighted by atomic mass is 10.0. The van der Waals surface area contributed by atoms with Gasteiger partial charge in [0.25, 0.3) is 5.91 Å². The monoisotopic (exact) mass is 453 g/mol. The van der Waals surface area contributed by atoms with Crippen molar-refractivity contribution >= 4 is 11.7 Å². The maximum Gasteiger partial charge on any atom is 0.257 e. The van der Waals surface area contributed by atoms with E-state index in [-0.39, 0.29) is 18.3 Å². The number of nitrogens with zero attached hydrogens (tertiary/aromatic N) is 2. The maximum absolute atomic E-state index is 12.5. The SMILES string of the molecule is Cc1nn(-c2ccccc2)cc1CCCNC(=O)COc1ccc(C(=O)c2ccccc2)cc1. The number of hydrogen-bond donors (Lipinski definition) is 1. The third-order valence-corrected chi connectivity index (χ3v) is 5.49. The first-order valence-electron chi connectivity index (χ1n) is 11.3. The van der Waals surface area contributed by atoms with E-state index in [1.165, 1.54) is 5.56 Å². The summed E-state index contributed by atoms with van der Waals surface area (Å²) in [6.07, 6.45) is 3.68. The van der Waals surface area contributed by atoms with Gasteiger partial charge in [0.15, 0.2) is 12.4 Å². The lowest BCUT2D eigenvalue weighted by molar-refractivity contribution is -0.123. The Bertz CT molecular complexity index is 1230. The van der Waals surface area contributed by atoms with E-state index < -0.39 is 0 Å². The molecule has 0 aliphatic rings. The fraction of sp³-hybridized carbons (Fsp3) is 0.179. The Morgan fingerprint density at radius 1 is 0.882 bits per heavy atom. The number of amides is 1. The zero-order valence-corrected chi connectivity index (χ0v) is 19.1. The minimum Gasteiger partial charge on any atom is -0.484 e. The first-order valence-corrected chi connectivity index (χ1v) is 11.3. The van der Waals surface area contributed by atoms with Crippen molar-refractivity contribution < 1.29 is 14.3 Å². The first-order chi connectivity index (χ1) is 16.6. The molecular weight excluding hydrogens is 426 g/mol. The molecule has 0 fully saturated rings. The second-order valence-electron chi connectivity index (χ2n) is 7.98. The second-order valence-corrected chi connectivity index (χ2v) is 7.98. The highest BCUT2D eigenvalue weighted by atomic mass is 16.5. The van der Waals surface area contributed by atoms with Gasteiger partial charge in [0.1, 0.15) is 5.75 Å². The van der Waals surface area contributed by atoms with Gasteiger partial charge in [-0.25, -0.2) is 4.68 Å². The van der Waals surface area contributed by atoms with E-state index in [4.69, 9.17) is 4.74 Å². The molecule has 1 heterocycles. The highest BCUT2D eigenvalue weighted by molar-refractivity contribution is 6.08. The van der Waals surface area contributed by atoms with E-state index >= 15 is 0 Å². The average Bonchev–Trinajstić information content (AvgIpc) is 3.26. The van der Waals surface area contributed by atoms with Crippen LogP contribution in [-0.2, 0) is 11.2 Å². The standard InChI is InChI=1S/C28H27N3O3/c1-21-24(19-31(30-21)25-12-6-3-7-13-25)11-8-18-29-27(32)20-34-26-16-14-23(15-17-26)28(33)22-9-4-2-5-10-22/h2-7,9-10,12-17,19H,8,11,18,20H2,1H3,(H,29,32).